The number of carboxylic acids is 2. The molecule has 158 valence electrons. The molecule has 1 heterocycles. The Morgan fingerprint density at radius 3 is 2.59 bits per heavy atom. The van der Waals surface area contributed by atoms with Crippen LogP contribution in [-0.2, 0) is 14.4 Å². The molecular formula is C21H28N2O6. The lowest BCUT2D eigenvalue weighted by Gasteiger charge is -2.27. The van der Waals surface area contributed by atoms with Crippen molar-refractivity contribution in [2.45, 2.75) is 57.0 Å². The fourth-order valence-electron chi connectivity index (χ4n) is 4.17. The van der Waals surface area contributed by atoms with Crippen molar-refractivity contribution >= 4 is 23.5 Å². The lowest BCUT2D eigenvalue weighted by molar-refractivity contribution is -0.141. The smallest absolute Gasteiger partial charge is 0.323 e. The Hall–Kier alpha value is -2.61. The van der Waals surface area contributed by atoms with Crippen molar-refractivity contribution in [2.24, 2.45) is 5.92 Å². The van der Waals surface area contributed by atoms with Gasteiger partial charge in [0.15, 0.2) is 0 Å². The van der Waals surface area contributed by atoms with E-state index in [-0.39, 0.29) is 6.61 Å². The molecule has 0 radical (unpaired) electrons. The molecule has 2 atom stereocenters. The number of aliphatic carboxylic acids is 2. The van der Waals surface area contributed by atoms with Crippen LogP contribution in [0, 0.1) is 5.92 Å². The van der Waals surface area contributed by atoms with Crippen molar-refractivity contribution in [1.82, 2.24) is 5.32 Å². The van der Waals surface area contributed by atoms with E-state index in [1.165, 1.54) is 19.3 Å². The molecule has 0 spiro atoms. The van der Waals surface area contributed by atoms with Crippen LogP contribution in [0.5, 0.6) is 5.75 Å². The zero-order valence-electron chi connectivity index (χ0n) is 16.4. The van der Waals surface area contributed by atoms with Gasteiger partial charge in [0, 0.05) is 0 Å². The van der Waals surface area contributed by atoms with Gasteiger partial charge in [-0.2, -0.15) is 0 Å². The minimum absolute atomic E-state index is 0.0564. The third-order valence-corrected chi connectivity index (χ3v) is 5.71. The SMILES string of the molecule is O=C(O)CN1C(=O)[C@@H](N[C@@H](CCC2CCCCC2)C(=O)O)COc2ccccc21. The maximum Gasteiger partial charge on any atom is 0.323 e. The summed E-state index contributed by atoms with van der Waals surface area (Å²) in [7, 11) is 0. The van der Waals surface area contributed by atoms with Gasteiger partial charge in [0.25, 0.3) is 0 Å². The molecule has 29 heavy (non-hydrogen) atoms. The van der Waals surface area contributed by atoms with Gasteiger partial charge in [-0.3, -0.25) is 24.6 Å². The van der Waals surface area contributed by atoms with E-state index < -0.39 is 36.5 Å². The van der Waals surface area contributed by atoms with Crippen molar-refractivity contribution in [1.29, 1.82) is 0 Å². The molecule has 1 aliphatic heterocycles. The maximum absolute atomic E-state index is 13.0. The summed E-state index contributed by atoms with van der Waals surface area (Å²) in [5.41, 5.74) is 0.373. The molecule has 1 amide bonds. The Labute approximate surface area is 169 Å². The number of fused-ring (bicyclic) bond motifs is 1. The molecule has 1 aromatic rings. The zero-order chi connectivity index (χ0) is 20.8. The number of amides is 1. The summed E-state index contributed by atoms with van der Waals surface area (Å²) in [6.45, 7) is -0.573. The number of carbonyl (C=O) groups is 3. The molecule has 1 fully saturated rings. The summed E-state index contributed by atoms with van der Waals surface area (Å²) >= 11 is 0. The molecule has 8 nitrogen and oxygen atoms in total. The molecule has 0 aromatic heterocycles. The van der Waals surface area contributed by atoms with Crippen LogP contribution in [0.3, 0.4) is 0 Å². The number of carboxylic acid groups (broad SMARTS) is 2. The Kier molecular flexibility index (Phi) is 7.09. The van der Waals surface area contributed by atoms with Crippen LogP contribution < -0.4 is 15.0 Å². The molecule has 8 heteroatoms. The van der Waals surface area contributed by atoms with Gasteiger partial charge in [-0.1, -0.05) is 44.2 Å². The molecule has 2 aliphatic rings. The van der Waals surface area contributed by atoms with Gasteiger partial charge in [-0.15, -0.1) is 0 Å². The second-order valence-corrected chi connectivity index (χ2v) is 7.79. The van der Waals surface area contributed by atoms with Crippen LogP contribution in [0.15, 0.2) is 24.3 Å². The van der Waals surface area contributed by atoms with Gasteiger partial charge in [0.2, 0.25) is 5.91 Å². The van der Waals surface area contributed by atoms with E-state index in [1.807, 2.05) is 0 Å². The van der Waals surface area contributed by atoms with E-state index in [0.29, 0.717) is 23.8 Å². The highest BCUT2D eigenvalue weighted by molar-refractivity contribution is 6.02. The Morgan fingerprint density at radius 2 is 1.90 bits per heavy atom. The van der Waals surface area contributed by atoms with Crippen molar-refractivity contribution in [3.63, 3.8) is 0 Å². The van der Waals surface area contributed by atoms with Gasteiger partial charge < -0.3 is 14.9 Å². The van der Waals surface area contributed by atoms with Gasteiger partial charge in [-0.25, -0.2) is 0 Å². The minimum Gasteiger partial charge on any atom is -0.489 e. The monoisotopic (exact) mass is 404 g/mol. The van der Waals surface area contributed by atoms with Crippen molar-refractivity contribution in [2.75, 3.05) is 18.1 Å². The summed E-state index contributed by atoms with van der Waals surface area (Å²) in [6, 6.07) is 4.90. The molecule has 3 rings (SSSR count). The Morgan fingerprint density at radius 1 is 1.17 bits per heavy atom. The predicted octanol–water partition coefficient (Wildman–Crippen LogP) is 2.27. The number of hydrogen-bond acceptors (Lipinski definition) is 5. The average molecular weight is 404 g/mol. The van der Waals surface area contributed by atoms with E-state index >= 15 is 0 Å². The zero-order valence-corrected chi connectivity index (χ0v) is 16.4. The normalized spacial score (nSPS) is 21.0. The van der Waals surface area contributed by atoms with E-state index in [0.717, 1.165) is 24.2 Å². The average Bonchev–Trinajstić information content (AvgIpc) is 2.83. The number of hydrogen-bond donors (Lipinski definition) is 3. The molecule has 0 unspecified atom stereocenters. The number of benzene rings is 1. The van der Waals surface area contributed by atoms with E-state index in [2.05, 4.69) is 5.32 Å². The van der Waals surface area contributed by atoms with Crippen LogP contribution in [-0.4, -0.2) is 53.3 Å². The number of rotatable bonds is 8. The maximum atomic E-state index is 13.0. The van der Waals surface area contributed by atoms with Crippen LogP contribution in [0.2, 0.25) is 0 Å². The number of nitrogens with zero attached hydrogens (tertiary/aromatic N) is 1. The summed E-state index contributed by atoms with van der Waals surface area (Å²) in [5, 5.41) is 21.8. The van der Waals surface area contributed by atoms with Crippen molar-refractivity contribution < 1.29 is 29.3 Å². The molecule has 1 aliphatic carbocycles. The van der Waals surface area contributed by atoms with E-state index in [1.54, 1.807) is 24.3 Å². The number of para-hydroxylation sites is 2. The van der Waals surface area contributed by atoms with Gasteiger partial charge in [-0.05, 0) is 30.9 Å². The fraction of sp³-hybridized carbons (Fsp3) is 0.571. The van der Waals surface area contributed by atoms with Crippen molar-refractivity contribution in [3.05, 3.63) is 24.3 Å². The highest BCUT2D eigenvalue weighted by atomic mass is 16.5. The first-order valence-corrected chi connectivity index (χ1v) is 10.2. The second kappa shape index (κ2) is 9.73. The van der Waals surface area contributed by atoms with Crippen LogP contribution >= 0.6 is 0 Å². The van der Waals surface area contributed by atoms with Crippen LogP contribution in [0.25, 0.3) is 0 Å². The number of ether oxygens (including phenoxy) is 1. The number of carbonyl (C=O) groups excluding carboxylic acids is 1. The standard InChI is InChI=1S/C21H28N2O6/c24-19(25)12-23-17-8-4-5-9-18(17)29-13-16(20(23)26)22-15(21(27)28)11-10-14-6-2-1-3-7-14/h4-5,8-9,14-16,22H,1-3,6-7,10-13H2,(H,24,25)(H,27,28)/t15-,16-/m0/s1. The molecule has 0 saturated heterocycles. The van der Waals surface area contributed by atoms with Crippen LogP contribution in [0.4, 0.5) is 5.69 Å². The number of anilines is 1. The summed E-state index contributed by atoms with van der Waals surface area (Å²) < 4.78 is 5.71. The largest absolute Gasteiger partial charge is 0.489 e. The quantitative estimate of drug-likeness (QED) is 0.608. The molecular weight excluding hydrogens is 376 g/mol. The van der Waals surface area contributed by atoms with E-state index in [9.17, 15) is 24.6 Å². The Balaban J connectivity index is 1.71. The summed E-state index contributed by atoms with van der Waals surface area (Å²) in [5.74, 6) is -1.73. The lowest BCUT2D eigenvalue weighted by atomic mass is 9.85. The van der Waals surface area contributed by atoms with E-state index in [4.69, 9.17) is 4.74 Å². The molecule has 0 bridgehead atoms. The first-order valence-electron chi connectivity index (χ1n) is 10.2. The summed E-state index contributed by atoms with van der Waals surface area (Å²) in [4.78, 5) is 37.3. The first-order chi connectivity index (χ1) is 14.0. The molecule has 3 N–H and O–H groups in total. The lowest BCUT2D eigenvalue weighted by Crippen LogP contribution is -2.54. The van der Waals surface area contributed by atoms with Crippen molar-refractivity contribution in [3.8, 4) is 5.75 Å². The third-order valence-electron chi connectivity index (χ3n) is 5.71. The first kappa shape index (κ1) is 21.1. The number of nitrogens with one attached hydrogen (secondary N) is 1. The van der Waals surface area contributed by atoms with Crippen LogP contribution in [0.1, 0.15) is 44.9 Å². The van der Waals surface area contributed by atoms with Gasteiger partial charge in [0.1, 0.15) is 31.0 Å². The predicted molar refractivity (Wildman–Crippen MR) is 106 cm³/mol. The highest BCUT2D eigenvalue weighted by Crippen LogP contribution is 2.31. The Bertz CT molecular complexity index is 746. The third kappa shape index (κ3) is 5.47. The molecule has 1 saturated carbocycles. The van der Waals surface area contributed by atoms with Gasteiger partial charge >= 0.3 is 11.9 Å². The molecule has 1 aromatic carbocycles. The summed E-state index contributed by atoms with van der Waals surface area (Å²) in [6.07, 6.45) is 7.09. The second-order valence-electron chi connectivity index (χ2n) is 7.79. The minimum atomic E-state index is -1.15. The van der Waals surface area contributed by atoms with Gasteiger partial charge in [0.05, 0.1) is 5.69 Å². The fourth-order valence-corrected chi connectivity index (χ4v) is 4.17. The topological polar surface area (TPSA) is 116 Å². The highest BCUT2D eigenvalue weighted by Gasteiger charge is 2.35.